The molecule has 1 heterocycles. The lowest BCUT2D eigenvalue weighted by Crippen LogP contribution is -2.20. The first-order valence-corrected chi connectivity index (χ1v) is 10.7. The Kier molecular flexibility index (Phi) is 6.61. The lowest BCUT2D eigenvalue weighted by atomic mass is 10.2. The lowest BCUT2D eigenvalue weighted by Gasteiger charge is -2.07. The van der Waals surface area contributed by atoms with Gasteiger partial charge in [0.1, 0.15) is 29.9 Å². The topological polar surface area (TPSA) is 86.0 Å². The molecule has 2 aromatic carbocycles. The summed E-state index contributed by atoms with van der Waals surface area (Å²) in [5.41, 5.74) is 0.546. The van der Waals surface area contributed by atoms with Crippen molar-refractivity contribution in [3.05, 3.63) is 70.6 Å². The third-order valence-electron chi connectivity index (χ3n) is 4.24. The highest BCUT2D eigenvalue weighted by atomic mass is 32.2. The van der Waals surface area contributed by atoms with Gasteiger partial charge in [0, 0.05) is 23.0 Å². The monoisotopic (exact) mass is 413 g/mol. The molecule has 0 amide bonds. The second-order valence-corrected chi connectivity index (χ2v) is 8.27. The molecule has 3 aromatic rings. The molecule has 0 saturated heterocycles. The van der Waals surface area contributed by atoms with Gasteiger partial charge in [0.2, 0.25) is 0 Å². The molecule has 0 saturated carbocycles. The van der Waals surface area contributed by atoms with E-state index >= 15 is 0 Å². The van der Waals surface area contributed by atoms with Gasteiger partial charge in [-0.3, -0.25) is 0 Å². The van der Waals surface area contributed by atoms with Crippen molar-refractivity contribution in [1.29, 1.82) is 0 Å². The lowest BCUT2D eigenvalue weighted by molar-refractivity contribution is -0.137. The molecule has 1 unspecified atom stereocenters. The first-order valence-electron chi connectivity index (χ1n) is 8.86. The molecule has 1 N–H and O–H groups in total. The molecule has 0 spiro atoms. The van der Waals surface area contributed by atoms with Gasteiger partial charge < -0.3 is 19.0 Å². The van der Waals surface area contributed by atoms with E-state index in [0.29, 0.717) is 16.9 Å². The van der Waals surface area contributed by atoms with Gasteiger partial charge in [0.05, 0.1) is 12.5 Å². The van der Waals surface area contributed by atoms with Crippen molar-refractivity contribution in [2.75, 3.05) is 25.7 Å². The summed E-state index contributed by atoms with van der Waals surface area (Å²) >= 11 is 0. The van der Waals surface area contributed by atoms with Gasteiger partial charge in [-0.25, -0.2) is 9.59 Å². The molecular formula is C22H21O6S+. The Labute approximate surface area is 170 Å². The van der Waals surface area contributed by atoms with Crippen LogP contribution in [0.3, 0.4) is 0 Å². The number of hydrogen-bond donors (Lipinski definition) is 1. The van der Waals surface area contributed by atoms with Crippen molar-refractivity contribution < 1.29 is 23.8 Å². The van der Waals surface area contributed by atoms with Crippen molar-refractivity contribution in [3.63, 3.8) is 0 Å². The van der Waals surface area contributed by atoms with Gasteiger partial charge in [-0.1, -0.05) is 30.3 Å². The highest BCUT2D eigenvalue weighted by molar-refractivity contribution is 7.96. The summed E-state index contributed by atoms with van der Waals surface area (Å²) in [6.45, 7) is 0.122. The van der Waals surface area contributed by atoms with Crippen LogP contribution in [0.4, 0.5) is 0 Å². The van der Waals surface area contributed by atoms with Crippen LogP contribution in [0.25, 0.3) is 17.0 Å². The van der Waals surface area contributed by atoms with Gasteiger partial charge in [-0.15, -0.1) is 0 Å². The number of carbonyl (C=O) groups is 1. The summed E-state index contributed by atoms with van der Waals surface area (Å²) in [6, 6.07) is 14.3. The van der Waals surface area contributed by atoms with E-state index in [9.17, 15) is 14.7 Å². The van der Waals surface area contributed by atoms with Crippen LogP contribution in [0.1, 0.15) is 5.56 Å². The Balaban J connectivity index is 1.65. The van der Waals surface area contributed by atoms with Gasteiger partial charge in [0.15, 0.2) is 5.75 Å². The fourth-order valence-electron chi connectivity index (χ4n) is 2.73. The van der Waals surface area contributed by atoms with E-state index in [1.165, 1.54) is 13.2 Å². The number of carbonyl (C=O) groups excluding carboxylic acids is 1. The summed E-state index contributed by atoms with van der Waals surface area (Å²) in [5.74, 6) is 0.344. The van der Waals surface area contributed by atoms with Gasteiger partial charge in [-0.2, -0.15) is 0 Å². The third kappa shape index (κ3) is 5.00. The molecule has 150 valence electrons. The van der Waals surface area contributed by atoms with Crippen LogP contribution in [0.5, 0.6) is 11.5 Å². The van der Waals surface area contributed by atoms with Crippen LogP contribution in [0.2, 0.25) is 0 Å². The van der Waals surface area contributed by atoms with E-state index in [1.54, 1.807) is 30.5 Å². The van der Waals surface area contributed by atoms with Crippen LogP contribution < -0.4 is 10.4 Å². The predicted molar refractivity (Wildman–Crippen MR) is 114 cm³/mol. The third-order valence-corrected chi connectivity index (χ3v) is 6.08. The number of esters is 1. The number of fused-ring (bicyclic) bond motifs is 1. The quantitative estimate of drug-likeness (QED) is 0.277. The largest absolute Gasteiger partial charge is 0.503 e. The van der Waals surface area contributed by atoms with Crippen molar-refractivity contribution in [2.24, 2.45) is 0 Å². The molecule has 0 radical (unpaired) electrons. The molecule has 0 aliphatic heterocycles. The molecule has 0 aliphatic rings. The molecular weight excluding hydrogens is 392 g/mol. The molecule has 1 aromatic heterocycles. The van der Waals surface area contributed by atoms with Gasteiger partial charge >= 0.3 is 11.6 Å². The highest BCUT2D eigenvalue weighted by Crippen LogP contribution is 2.31. The fourth-order valence-corrected chi connectivity index (χ4v) is 4.03. The fraction of sp³-hybridized carbons (Fsp3) is 0.182. The highest BCUT2D eigenvalue weighted by Gasteiger charge is 2.28. The zero-order valence-corrected chi connectivity index (χ0v) is 16.9. The molecule has 0 bridgehead atoms. The Morgan fingerprint density at radius 3 is 2.69 bits per heavy atom. The maximum absolute atomic E-state index is 12.4. The van der Waals surface area contributed by atoms with Crippen LogP contribution in [-0.4, -0.2) is 36.8 Å². The molecule has 0 aliphatic carbocycles. The first-order chi connectivity index (χ1) is 14.0. The smallest absolute Gasteiger partial charge is 0.396 e. The van der Waals surface area contributed by atoms with Gasteiger partial charge in [-0.05, 0) is 23.8 Å². The number of hydrogen-bond acceptors (Lipinski definition) is 6. The predicted octanol–water partition coefficient (Wildman–Crippen LogP) is 3.37. The van der Waals surface area contributed by atoms with E-state index in [1.807, 2.05) is 30.3 Å². The van der Waals surface area contributed by atoms with E-state index < -0.39 is 22.5 Å². The van der Waals surface area contributed by atoms with E-state index in [4.69, 9.17) is 13.9 Å². The van der Waals surface area contributed by atoms with E-state index in [0.717, 1.165) is 5.56 Å². The maximum Gasteiger partial charge on any atom is 0.396 e. The summed E-state index contributed by atoms with van der Waals surface area (Å²) < 4.78 is 15.7. The first kappa shape index (κ1) is 20.5. The second-order valence-electron chi connectivity index (χ2n) is 6.18. The molecule has 6 nitrogen and oxygen atoms in total. The van der Waals surface area contributed by atoms with Crippen molar-refractivity contribution >= 4 is 33.9 Å². The molecule has 0 fully saturated rings. The summed E-state index contributed by atoms with van der Waals surface area (Å²) in [7, 11) is 0.842. The maximum atomic E-state index is 12.4. The summed E-state index contributed by atoms with van der Waals surface area (Å²) in [6.07, 6.45) is 4.83. The average Bonchev–Trinajstić information content (AvgIpc) is 2.72. The molecule has 7 heteroatoms. The minimum atomic E-state index is -0.665. The summed E-state index contributed by atoms with van der Waals surface area (Å²) in [5, 5.41) is 11.0. The number of methoxy groups -OCH3 is 1. The zero-order valence-electron chi connectivity index (χ0n) is 16.1. The Morgan fingerprint density at radius 1 is 1.21 bits per heavy atom. The number of rotatable bonds is 7. The van der Waals surface area contributed by atoms with Crippen LogP contribution in [0.15, 0.2) is 68.7 Å². The zero-order chi connectivity index (χ0) is 20.8. The van der Waals surface area contributed by atoms with Crippen molar-refractivity contribution in [1.82, 2.24) is 0 Å². The van der Waals surface area contributed by atoms with Gasteiger partial charge in [0.25, 0.3) is 4.90 Å². The summed E-state index contributed by atoms with van der Waals surface area (Å²) in [4.78, 5) is 24.4. The second kappa shape index (κ2) is 9.34. The Bertz CT molecular complexity index is 1090. The van der Waals surface area contributed by atoms with Crippen molar-refractivity contribution in [3.8, 4) is 11.5 Å². The van der Waals surface area contributed by atoms with Crippen LogP contribution in [-0.2, 0) is 20.4 Å². The standard InChI is InChI=1S/C22H20O6S/c1-26-16-9-10-17-18(14-16)28-22(25)21(20(17)24)29(2)13-12-27-19(23)11-8-15-6-4-3-5-7-15/h3-11,14H,12-13H2,1-2H3/p+1/b11-8+. The van der Waals surface area contributed by atoms with Crippen LogP contribution in [0, 0.1) is 0 Å². The number of benzene rings is 2. The van der Waals surface area contributed by atoms with E-state index in [2.05, 4.69) is 0 Å². The van der Waals surface area contributed by atoms with Crippen LogP contribution >= 0.6 is 0 Å². The Hall–Kier alpha value is -3.19. The minimum Gasteiger partial charge on any atom is -0.503 e. The number of ether oxygens (including phenoxy) is 2. The number of aromatic hydroxyl groups is 1. The van der Waals surface area contributed by atoms with Crippen molar-refractivity contribution in [2.45, 2.75) is 4.90 Å². The molecule has 3 rings (SSSR count). The average molecular weight is 413 g/mol. The molecule has 29 heavy (non-hydrogen) atoms. The van der Waals surface area contributed by atoms with E-state index in [-0.39, 0.29) is 22.8 Å². The molecule has 1 atom stereocenters. The Morgan fingerprint density at radius 2 is 1.97 bits per heavy atom. The minimum absolute atomic E-state index is 0.111. The SMILES string of the molecule is COc1ccc2c(O)c([S+](C)CCOC(=O)/C=C/c3ccccc3)c(=O)oc2c1. The normalized spacial score (nSPS) is 12.2.